The van der Waals surface area contributed by atoms with Crippen LogP contribution in [-0.2, 0) is 9.68 Å². The zero-order chi connectivity index (χ0) is 7.98. The Kier molecular flexibility index (Phi) is 5.36. The van der Waals surface area contributed by atoms with E-state index in [1.54, 1.807) is 6.92 Å². The molecular formula is C4H11N3O2S. The second-order valence-electron chi connectivity index (χ2n) is 1.45. The Morgan fingerprint density at radius 1 is 1.30 bits per heavy atom. The fourth-order valence-corrected chi connectivity index (χ4v) is 0.404. The van der Waals surface area contributed by atoms with E-state index in [1.165, 1.54) is 19.3 Å². The summed E-state index contributed by atoms with van der Waals surface area (Å²) in [6.07, 6.45) is 0. The Hall–Kier alpha value is -0.270. The maximum absolute atomic E-state index is 4.79. The number of hydrazine groups is 2. The van der Waals surface area contributed by atoms with Gasteiger partial charge < -0.3 is 0 Å². The van der Waals surface area contributed by atoms with Crippen LogP contribution >= 0.6 is 12.2 Å². The topological polar surface area (TPSA) is 45.8 Å². The number of hydrogen-bond acceptors (Lipinski definition) is 5. The zero-order valence-electron chi connectivity index (χ0n) is 6.17. The summed E-state index contributed by atoms with van der Waals surface area (Å²) in [6, 6.07) is 0. The molecule has 2 N–H and O–H groups in total. The molecule has 0 aliphatic rings. The van der Waals surface area contributed by atoms with Crippen molar-refractivity contribution in [3.63, 3.8) is 0 Å². The smallest absolute Gasteiger partial charge is 0.112 e. The molecule has 0 amide bonds. The van der Waals surface area contributed by atoms with Crippen molar-refractivity contribution in [1.29, 1.82) is 0 Å². The van der Waals surface area contributed by atoms with Crippen molar-refractivity contribution in [1.82, 2.24) is 16.3 Å². The maximum atomic E-state index is 4.79. The molecular weight excluding hydrogens is 154 g/mol. The molecule has 10 heavy (non-hydrogen) atoms. The quantitative estimate of drug-likeness (QED) is 0.443. The molecule has 0 heterocycles. The van der Waals surface area contributed by atoms with Gasteiger partial charge in [0.15, 0.2) is 0 Å². The van der Waals surface area contributed by atoms with Crippen LogP contribution in [0.4, 0.5) is 0 Å². The fraction of sp³-hybridized carbons (Fsp3) is 0.750. The van der Waals surface area contributed by atoms with Crippen molar-refractivity contribution < 1.29 is 9.68 Å². The summed E-state index contributed by atoms with van der Waals surface area (Å²) >= 11 is 4.79. The monoisotopic (exact) mass is 165 g/mol. The van der Waals surface area contributed by atoms with Crippen LogP contribution in [0.15, 0.2) is 0 Å². The molecule has 0 atom stereocenters. The van der Waals surface area contributed by atoms with Crippen molar-refractivity contribution in [2.24, 2.45) is 0 Å². The van der Waals surface area contributed by atoms with Gasteiger partial charge in [0.05, 0.1) is 14.2 Å². The van der Waals surface area contributed by atoms with Crippen molar-refractivity contribution in [3.05, 3.63) is 0 Å². The minimum atomic E-state index is 0.559. The van der Waals surface area contributed by atoms with Gasteiger partial charge in [-0.15, -0.1) is 0 Å². The third-order valence-corrected chi connectivity index (χ3v) is 0.863. The molecule has 0 bridgehead atoms. The molecule has 60 valence electrons. The zero-order valence-corrected chi connectivity index (χ0v) is 6.99. The molecule has 0 fully saturated rings. The van der Waals surface area contributed by atoms with E-state index in [2.05, 4.69) is 20.9 Å². The predicted octanol–water partition coefficient (Wildman–Crippen LogP) is -0.232. The molecule has 0 aromatic carbocycles. The van der Waals surface area contributed by atoms with E-state index in [-0.39, 0.29) is 0 Å². The minimum absolute atomic E-state index is 0.559. The molecule has 0 radical (unpaired) electrons. The lowest BCUT2D eigenvalue weighted by molar-refractivity contribution is -0.125. The van der Waals surface area contributed by atoms with Crippen molar-refractivity contribution >= 4 is 17.2 Å². The van der Waals surface area contributed by atoms with E-state index in [0.717, 1.165) is 0 Å². The molecule has 0 aromatic heterocycles. The van der Waals surface area contributed by atoms with Gasteiger partial charge in [-0.1, -0.05) is 23.4 Å². The van der Waals surface area contributed by atoms with Gasteiger partial charge in [0.1, 0.15) is 4.99 Å². The van der Waals surface area contributed by atoms with E-state index in [1.807, 2.05) is 0 Å². The van der Waals surface area contributed by atoms with Gasteiger partial charge in [-0.25, -0.2) is 0 Å². The van der Waals surface area contributed by atoms with Crippen LogP contribution in [0.1, 0.15) is 6.92 Å². The first-order valence-electron chi connectivity index (χ1n) is 2.60. The highest BCUT2D eigenvalue weighted by Crippen LogP contribution is 1.80. The summed E-state index contributed by atoms with van der Waals surface area (Å²) in [7, 11) is 2.95. The first kappa shape index (κ1) is 9.73. The average molecular weight is 165 g/mol. The highest BCUT2D eigenvalue weighted by molar-refractivity contribution is 7.80. The van der Waals surface area contributed by atoms with Gasteiger partial charge in [-0.2, -0.15) is 5.12 Å². The third kappa shape index (κ3) is 3.70. The number of rotatable bonds is 4. The minimum Gasteiger partial charge on any atom is -0.284 e. The molecule has 6 heteroatoms. The highest BCUT2D eigenvalue weighted by Gasteiger charge is 2.00. The summed E-state index contributed by atoms with van der Waals surface area (Å²) in [5, 5.41) is 1.31. The summed E-state index contributed by atoms with van der Waals surface area (Å²) < 4.78 is 0. The van der Waals surface area contributed by atoms with Crippen LogP contribution in [-0.4, -0.2) is 24.3 Å². The van der Waals surface area contributed by atoms with Crippen molar-refractivity contribution in [3.8, 4) is 0 Å². The van der Waals surface area contributed by atoms with Gasteiger partial charge in [0.2, 0.25) is 0 Å². The van der Waals surface area contributed by atoms with Crippen LogP contribution in [0.5, 0.6) is 0 Å². The van der Waals surface area contributed by atoms with Crippen LogP contribution in [0.25, 0.3) is 0 Å². The summed E-state index contributed by atoms with van der Waals surface area (Å²) in [5.41, 5.74) is 4.88. The number of hydrogen-bond donors (Lipinski definition) is 2. The van der Waals surface area contributed by atoms with Crippen LogP contribution < -0.4 is 11.2 Å². The second-order valence-corrected chi connectivity index (χ2v) is 2.04. The SMILES string of the molecule is CONN(NOC)C(C)=S. The van der Waals surface area contributed by atoms with E-state index in [9.17, 15) is 0 Å². The van der Waals surface area contributed by atoms with Crippen molar-refractivity contribution in [2.45, 2.75) is 6.92 Å². The van der Waals surface area contributed by atoms with Crippen LogP contribution in [0.2, 0.25) is 0 Å². The standard InChI is InChI=1S/C4H11N3O2S/c1-4(10)7(5-8-2)6-9-3/h5-6H,1-3H3. The Balaban J connectivity index is 3.61. The van der Waals surface area contributed by atoms with Crippen LogP contribution in [0.3, 0.4) is 0 Å². The second kappa shape index (κ2) is 5.51. The molecule has 0 aromatic rings. The van der Waals surface area contributed by atoms with E-state index in [4.69, 9.17) is 12.2 Å². The Bertz CT molecular complexity index is 105. The summed E-state index contributed by atoms with van der Waals surface area (Å²) in [4.78, 5) is 9.69. The molecule has 0 saturated heterocycles. The fourth-order valence-electron chi connectivity index (χ4n) is 0.330. The van der Waals surface area contributed by atoms with Gasteiger partial charge >= 0.3 is 0 Å². The molecule has 0 saturated carbocycles. The molecule has 5 nitrogen and oxygen atoms in total. The van der Waals surface area contributed by atoms with E-state index < -0.39 is 0 Å². The lowest BCUT2D eigenvalue weighted by atomic mass is 10.8. The molecule has 0 aliphatic carbocycles. The molecule has 0 aliphatic heterocycles. The van der Waals surface area contributed by atoms with Crippen LogP contribution in [0, 0.1) is 0 Å². The van der Waals surface area contributed by atoms with E-state index >= 15 is 0 Å². The first-order valence-corrected chi connectivity index (χ1v) is 3.01. The summed E-state index contributed by atoms with van der Waals surface area (Å²) in [6.45, 7) is 1.72. The molecule has 0 rings (SSSR count). The average Bonchev–Trinajstić information content (AvgIpc) is 1.87. The van der Waals surface area contributed by atoms with Gasteiger partial charge in [0, 0.05) is 0 Å². The number of thiocarbonyl (C=S) groups is 1. The Morgan fingerprint density at radius 3 is 1.90 bits per heavy atom. The van der Waals surface area contributed by atoms with E-state index in [0.29, 0.717) is 4.99 Å². The number of nitrogens with one attached hydrogen (secondary N) is 2. The number of nitrogens with zero attached hydrogens (tertiary/aromatic N) is 1. The van der Waals surface area contributed by atoms with Crippen molar-refractivity contribution in [2.75, 3.05) is 14.2 Å². The van der Waals surface area contributed by atoms with Gasteiger partial charge in [-0.05, 0) is 6.92 Å². The van der Waals surface area contributed by atoms with Gasteiger partial charge in [0.25, 0.3) is 0 Å². The first-order chi connectivity index (χ1) is 4.72. The van der Waals surface area contributed by atoms with Gasteiger partial charge in [-0.3, -0.25) is 9.68 Å². The Morgan fingerprint density at radius 2 is 1.70 bits per heavy atom. The summed E-state index contributed by atoms with van der Waals surface area (Å²) in [5.74, 6) is 0. The lowest BCUT2D eigenvalue weighted by Crippen LogP contribution is -2.49. The maximum Gasteiger partial charge on any atom is 0.112 e. The third-order valence-electron chi connectivity index (χ3n) is 0.680. The highest BCUT2D eigenvalue weighted by atomic mass is 32.1. The molecule has 0 spiro atoms. The Labute approximate surface area is 65.1 Å². The molecule has 0 unspecified atom stereocenters. The predicted molar refractivity (Wildman–Crippen MR) is 40.4 cm³/mol. The lowest BCUT2D eigenvalue weighted by Gasteiger charge is -2.20. The normalized spacial score (nSPS) is 9.50. The largest absolute Gasteiger partial charge is 0.284 e.